The largest absolute Gasteiger partial charge is 0.308 e. The van der Waals surface area contributed by atoms with Gasteiger partial charge in [0.2, 0.25) is 0 Å². The van der Waals surface area contributed by atoms with Gasteiger partial charge in [0.1, 0.15) is 0 Å². The van der Waals surface area contributed by atoms with Crippen molar-refractivity contribution < 1.29 is 0 Å². The highest BCUT2D eigenvalue weighted by Gasteiger charge is 2.31. The number of fused-ring (bicyclic) bond motifs is 6. The summed E-state index contributed by atoms with van der Waals surface area (Å²) in [6.07, 6.45) is 2.89. The van der Waals surface area contributed by atoms with Gasteiger partial charge >= 0.3 is 0 Å². The fraction of sp³-hybridized carbons (Fsp3) is 0.0294. The van der Waals surface area contributed by atoms with Crippen molar-refractivity contribution >= 4 is 27.8 Å². The molecule has 0 fully saturated rings. The average molecular weight is 459 g/mol. The van der Waals surface area contributed by atoms with Crippen molar-refractivity contribution in [3.05, 3.63) is 133 Å². The molecule has 168 valence electrons. The Labute approximate surface area is 210 Å². The number of anilines is 3. The first-order valence-electron chi connectivity index (χ1n) is 12.4. The maximum atomic E-state index is 4.93. The predicted octanol–water partition coefficient (Wildman–Crippen LogP) is 8.92. The molecular formula is C34H22N2. The number of benzene rings is 5. The molecule has 0 saturated carbocycles. The van der Waals surface area contributed by atoms with Crippen molar-refractivity contribution in [2.75, 3.05) is 4.90 Å². The third kappa shape index (κ3) is 2.70. The molecule has 0 N–H and O–H groups in total. The van der Waals surface area contributed by atoms with E-state index in [2.05, 4.69) is 114 Å². The van der Waals surface area contributed by atoms with Crippen molar-refractivity contribution in [3.8, 4) is 33.5 Å². The molecule has 2 heterocycles. The second-order valence-electron chi connectivity index (χ2n) is 9.61. The summed E-state index contributed by atoms with van der Waals surface area (Å²) in [5.41, 5.74) is 13.7. The van der Waals surface area contributed by atoms with Gasteiger partial charge in [-0.25, -0.2) is 0 Å². The highest BCUT2D eigenvalue weighted by atomic mass is 15.2. The molecular weight excluding hydrogens is 436 g/mol. The van der Waals surface area contributed by atoms with Crippen LogP contribution in [0.15, 0.2) is 121 Å². The lowest BCUT2D eigenvalue weighted by atomic mass is 9.88. The van der Waals surface area contributed by atoms with Gasteiger partial charge in [-0.3, -0.25) is 4.98 Å². The van der Waals surface area contributed by atoms with E-state index < -0.39 is 0 Å². The van der Waals surface area contributed by atoms with Gasteiger partial charge in [0, 0.05) is 22.8 Å². The van der Waals surface area contributed by atoms with Crippen LogP contribution in [-0.4, -0.2) is 4.98 Å². The van der Waals surface area contributed by atoms with E-state index in [9.17, 15) is 0 Å². The smallest absolute Gasteiger partial charge is 0.0949 e. The van der Waals surface area contributed by atoms with Crippen LogP contribution in [0.5, 0.6) is 0 Å². The zero-order valence-corrected chi connectivity index (χ0v) is 19.6. The molecule has 2 heteroatoms. The molecule has 5 aromatic carbocycles. The first-order chi connectivity index (χ1) is 17.9. The minimum absolute atomic E-state index is 0.976. The Morgan fingerprint density at radius 1 is 0.583 bits per heavy atom. The molecule has 0 radical (unpaired) electrons. The van der Waals surface area contributed by atoms with Gasteiger partial charge in [-0.15, -0.1) is 0 Å². The zero-order valence-electron chi connectivity index (χ0n) is 19.6. The fourth-order valence-electron chi connectivity index (χ4n) is 6.13. The van der Waals surface area contributed by atoms with Crippen molar-refractivity contribution in [2.45, 2.75) is 6.42 Å². The standard InChI is InChI=1S/C34H22N2/c1-2-9-22(10-3-1)23-12-6-13-26(20-23)36-30-16-7-15-28-32-25(19-24-11-4-5-14-27(24)32)21-29(33(28)30)34-31(36)17-8-18-35-34/h1-18,20-21H,19H2. The van der Waals surface area contributed by atoms with Crippen molar-refractivity contribution in [3.63, 3.8) is 0 Å². The lowest BCUT2D eigenvalue weighted by molar-refractivity contribution is 1.21. The van der Waals surface area contributed by atoms with Crippen LogP contribution in [-0.2, 0) is 6.42 Å². The summed E-state index contributed by atoms with van der Waals surface area (Å²) < 4.78 is 0. The Bertz CT molecular complexity index is 1820. The van der Waals surface area contributed by atoms with E-state index >= 15 is 0 Å². The Hall–Kier alpha value is -4.69. The molecule has 0 amide bonds. The van der Waals surface area contributed by atoms with Gasteiger partial charge in [0.05, 0.1) is 17.1 Å². The van der Waals surface area contributed by atoms with Crippen LogP contribution < -0.4 is 4.90 Å². The summed E-state index contributed by atoms with van der Waals surface area (Å²) in [6, 6.07) is 41.6. The predicted molar refractivity (Wildman–Crippen MR) is 149 cm³/mol. The summed E-state index contributed by atoms with van der Waals surface area (Å²) in [4.78, 5) is 7.32. The van der Waals surface area contributed by atoms with E-state index in [0.717, 1.165) is 23.5 Å². The maximum Gasteiger partial charge on any atom is 0.0949 e. The minimum Gasteiger partial charge on any atom is -0.308 e. The Morgan fingerprint density at radius 3 is 2.33 bits per heavy atom. The van der Waals surface area contributed by atoms with E-state index in [1.165, 1.54) is 55.4 Å². The Kier molecular flexibility index (Phi) is 4.03. The fourth-order valence-corrected chi connectivity index (χ4v) is 6.13. The van der Waals surface area contributed by atoms with Gasteiger partial charge in [0.15, 0.2) is 0 Å². The van der Waals surface area contributed by atoms with Crippen molar-refractivity contribution in [1.82, 2.24) is 4.98 Å². The number of hydrogen-bond acceptors (Lipinski definition) is 2. The molecule has 0 unspecified atom stereocenters. The van der Waals surface area contributed by atoms with Crippen molar-refractivity contribution in [2.24, 2.45) is 0 Å². The van der Waals surface area contributed by atoms with E-state index in [4.69, 9.17) is 4.98 Å². The summed E-state index contributed by atoms with van der Waals surface area (Å²) in [6.45, 7) is 0. The molecule has 0 bridgehead atoms. The van der Waals surface area contributed by atoms with Crippen LogP contribution in [0, 0.1) is 0 Å². The van der Waals surface area contributed by atoms with E-state index in [1.54, 1.807) is 0 Å². The Balaban J connectivity index is 1.43. The highest BCUT2D eigenvalue weighted by Crippen LogP contribution is 2.54. The van der Waals surface area contributed by atoms with Crippen LogP contribution in [0.4, 0.5) is 17.1 Å². The molecule has 2 aliphatic rings. The second-order valence-corrected chi connectivity index (χ2v) is 9.61. The zero-order chi connectivity index (χ0) is 23.6. The van der Waals surface area contributed by atoms with Gasteiger partial charge in [-0.05, 0) is 81.6 Å². The molecule has 8 rings (SSSR count). The van der Waals surface area contributed by atoms with E-state index in [0.29, 0.717) is 0 Å². The maximum absolute atomic E-state index is 4.93. The summed E-state index contributed by atoms with van der Waals surface area (Å²) in [5, 5.41) is 2.59. The highest BCUT2D eigenvalue weighted by molar-refractivity contribution is 6.18. The van der Waals surface area contributed by atoms with E-state index in [1.807, 2.05) is 12.3 Å². The second kappa shape index (κ2) is 7.40. The molecule has 1 aliphatic heterocycles. The van der Waals surface area contributed by atoms with Crippen LogP contribution in [0.2, 0.25) is 0 Å². The monoisotopic (exact) mass is 458 g/mol. The lowest BCUT2D eigenvalue weighted by Gasteiger charge is -2.33. The van der Waals surface area contributed by atoms with E-state index in [-0.39, 0.29) is 0 Å². The molecule has 0 saturated heterocycles. The van der Waals surface area contributed by atoms with Crippen LogP contribution in [0.1, 0.15) is 11.1 Å². The van der Waals surface area contributed by atoms with Gasteiger partial charge in [-0.2, -0.15) is 0 Å². The molecule has 6 aromatic rings. The summed E-state index contributed by atoms with van der Waals surface area (Å²) >= 11 is 0. The SMILES string of the molecule is c1ccc(-c2cccc(N3c4cccnc4-c4cc5c(c6cccc3c46)-c3ccccc3C5)c2)cc1. The van der Waals surface area contributed by atoms with Gasteiger partial charge in [-0.1, -0.05) is 78.9 Å². The number of aromatic nitrogens is 1. The first kappa shape index (κ1) is 19.6. The van der Waals surface area contributed by atoms with Gasteiger partial charge in [0.25, 0.3) is 0 Å². The average Bonchev–Trinajstić information content (AvgIpc) is 3.33. The molecule has 1 aliphatic carbocycles. The number of pyridine rings is 1. The molecule has 36 heavy (non-hydrogen) atoms. The van der Waals surface area contributed by atoms with Crippen molar-refractivity contribution in [1.29, 1.82) is 0 Å². The summed E-state index contributed by atoms with van der Waals surface area (Å²) in [7, 11) is 0. The van der Waals surface area contributed by atoms with Crippen LogP contribution in [0.3, 0.4) is 0 Å². The van der Waals surface area contributed by atoms with Crippen LogP contribution in [0.25, 0.3) is 44.3 Å². The third-order valence-corrected chi connectivity index (χ3v) is 7.62. The minimum atomic E-state index is 0.976. The molecule has 1 aromatic heterocycles. The lowest BCUT2D eigenvalue weighted by Crippen LogP contribution is -2.16. The topological polar surface area (TPSA) is 16.1 Å². The van der Waals surface area contributed by atoms with Gasteiger partial charge < -0.3 is 4.90 Å². The molecule has 2 nitrogen and oxygen atoms in total. The molecule has 0 spiro atoms. The normalized spacial score (nSPS) is 12.8. The Morgan fingerprint density at radius 2 is 1.39 bits per heavy atom. The third-order valence-electron chi connectivity index (χ3n) is 7.62. The number of hydrogen-bond donors (Lipinski definition) is 0. The van der Waals surface area contributed by atoms with Crippen LogP contribution >= 0.6 is 0 Å². The number of nitrogens with zero attached hydrogens (tertiary/aromatic N) is 2. The summed E-state index contributed by atoms with van der Waals surface area (Å²) in [5.74, 6) is 0. The first-order valence-corrected chi connectivity index (χ1v) is 12.4. The number of rotatable bonds is 2. The quantitative estimate of drug-likeness (QED) is 0.257. The molecule has 0 atom stereocenters.